The lowest BCUT2D eigenvalue weighted by Crippen LogP contribution is -2.44. The molecular weight excluding hydrogens is 390 g/mol. The minimum absolute atomic E-state index is 0.00174. The number of halogens is 4. The largest absolute Gasteiger partial charge is 0.455 e. The van der Waals surface area contributed by atoms with Gasteiger partial charge in [0.05, 0.1) is 11.6 Å². The summed E-state index contributed by atoms with van der Waals surface area (Å²) in [6.07, 6.45) is -4.91. The monoisotopic (exact) mass is 405 g/mol. The van der Waals surface area contributed by atoms with E-state index in [-0.39, 0.29) is 18.7 Å². The molecule has 1 aliphatic rings. The molecule has 0 saturated carbocycles. The lowest BCUT2D eigenvalue weighted by molar-refractivity contribution is -0.152. The highest BCUT2D eigenvalue weighted by molar-refractivity contribution is 6.00. The number of amides is 4. The Morgan fingerprint density at radius 1 is 1.21 bits per heavy atom. The van der Waals surface area contributed by atoms with Crippen LogP contribution < -0.4 is 15.5 Å². The average Bonchev–Trinajstić information content (AvgIpc) is 2.99. The van der Waals surface area contributed by atoms with Crippen molar-refractivity contribution in [3.8, 4) is 0 Å². The van der Waals surface area contributed by atoms with Crippen molar-refractivity contribution >= 4 is 29.5 Å². The van der Waals surface area contributed by atoms with Crippen molar-refractivity contribution in [2.75, 3.05) is 24.6 Å². The van der Waals surface area contributed by atoms with Crippen molar-refractivity contribution in [1.29, 1.82) is 0 Å². The number of urea groups is 1. The summed E-state index contributed by atoms with van der Waals surface area (Å²) in [5.41, 5.74) is 0.00174. The normalized spacial score (nSPS) is 16.6. The number of para-hydroxylation sites is 1. The molecule has 12 heteroatoms. The zero-order valence-electron chi connectivity index (χ0n) is 14.2. The van der Waals surface area contributed by atoms with Crippen LogP contribution in [0.3, 0.4) is 0 Å². The minimum Gasteiger partial charge on any atom is -0.455 e. The van der Waals surface area contributed by atoms with Gasteiger partial charge in [-0.25, -0.2) is 9.18 Å². The molecule has 1 aromatic carbocycles. The van der Waals surface area contributed by atoms with Gasteiger partial charge in [0.1, 0.15) is 12.4 Å². The molecule has 2 rings (SSSR count). The van der Waals surface area contributed by atoms with Crippen LogP contribution >= 0.6 is 0 Å². The molecule has 1 heterocycles. The first-order valence-corrected chi connectivity index (χ1v) is 7.93. The minimum atomic E-state index is -4.65. The maximum Gasteiger partial charge on any atom is 0.405 e. The van der Waals surface area contributed by atoms with E-state index in [0.29, 0.717) is 0 Å². The van der Waals surface area contributed by atoms with E-state index in [1.807, 2.05) is 0 Å². The van der Waals surface area contributed by atoms with Crippen LogP contribution in [0, 0.1) is 11.7 Å². The van der Waals surface area contributed by atoms with E-state index in [2.05, 4.69) is 4.74 Å². The molecular formula is C16H15F4N3O5. The molecule has 8 nitrogen and oxygen atoms in total. The first-order chi connectivity index (χ1) is 13.1. The molecule has 0 unspecified atom stereocenters. The Morgan fingerprint density at radius 2 is 1.89 bits per heavy atom. The van der Waals surface area contributed by atoms with Crippen molar-refractivity contribution in [2.24, 2.45) is 5.92 Å². The van der Waals surface area contributed by atoms with Gasteiger partial charge >= 0.3 is 18.2 Å². The highest BCUT2D eigenvalue weighted by Gasteiger charge is 2.37. The van der Waals surface area contributed by atoms with E-state index in [1.165, 1.54) is 23.5 Å². The quantitative estimate of drug-likeness (QED) is 0.564. The van der Waals surface area contributed by atoms with Gasteiger partial charge in [0.25, 0.3) is 5.91 Å². The first kappa shape index (κ1) is 21.1. The van der Waals surface area contributed by atoms with Crippen LogP contribution in [0.2, 0.25) is 0 Å². The Bertz CT molecular complexity index is 784. The van der Waals surface area contributed by atoms with Gasteiger partial charge in [-0.05, 0) is 12.1 Å². The summed E-state index contributed by atoms with van der Waals surface area (Å²) in [5.74, 6) is -4.20. The molecule has 1 aromatic rings. The molecule has 1 atom stereocenters. The van der Waals surface area contributed by atoms with Crippen molar-refractivity contribution < 1.29 is 41.5 Å². The second kappa shape index (κ2) is 8.67. The van der Waals surface area contributed by atoms with Crippen LogP contribution in [0.5, 0.6) is 0 Å². The Morgan fingerprint density at radius 3 is 2.54 bits per heavy atom. The zero-order valence-corrected chi connectivity index (χ0v) is 14.2. The van der Waals surface area contributed by atoms with Crippen molar-refractivity contribution in [3.63, 3.8) is 0 Å². The lowest BCUT2D eigenvalue weighted by atomic mass is 10.1. The summed E-state index contributed by atoms with van der Waals surface area (Å²) in [6, 6.07) is 4.08. The number of imide groups is 1. The topological polar surface area (TPSA) is 105 Å². The number of ether oxygens (including phenoxy) is 1. The van der Waals surface area contributed by atoms with Gasteiger partial charge < -0.3 is 15.0 Å². The summed E-state index contributed by atoms with van der Waals surface area (Å²) in [4.78, 5) is 47.6. The maximum absolute atomic E-state index is 13.8. The highest BCUT2D eigenvalue weighted by atomic mass is 19.4. The van der Waals surface area contributed by atoms with Gasteiger partial charge in [-0.2, -0.15) is 13.2 Å². The number of hydrogen-bond acceptors (Lipinski definition) is 5. The molecule has 0 spiro atoms. The number of anilines is 1. The van der Waals surface area contributed by atoms with Crippen LogP contribution in [0.1, 0.15) is 6.42 Å². The second-order valence-corrected chi connectivity index (χ2v) is 5.81. The average molecular weight is 405 g/mol. The number of nitrogens with one attached hydrogen (secondary N) is 2. The number of carbonyl (C=O) groups excluding carboxylic acids is 4. The Labute approximate surface area is 155 Å². The first-order valence-electron chi connectivity index (χ1n) is 7.93. The molecule has 0 aliphatic carbocycles. The fourth-order valence-corrected chi connectivity index (χ4v) is 2.41. The Balaban J connectivity index is 1.80. The van der Waals surface area contributed by atoms with Gasteiger partial charge in [0.15, 0.2) is 6.61 Å². The van der Waals surface area contributed by atoms with E-state index < -0.39 is 54.9 Å². The summed E-state index contributed by atoms with van der Waals surface area (Å²) in [5, 5.41) is 2.96. The fourth-order valence-electron chi connectivity index (χ4n) is 2.41. The second-order valence-electron chi connectivity index (χ2n) is 5.81. The molecule has 0 bridgehead atoms. The number of esters is 1. The van der Waals surface area contributed by atoms with Gasteiger partial charge in [-0.1, -0.05) is 12.1 Å². The molecule has 1 saturated heterocycles. The fraction of sp³-hybridized carbons (Fsp3) is 0.375. The number of nitrogens with zero attached hydrogens (tertiary/aromatic N) is 1. The van der Waals surface area contributed by atoms with Crippen molar-refractivity contribution in [3.05, 3.63) is 30.1 Å². The molecule has 0 aromatic heterocycles. The smallest absolute Gasteiger partial charge is 0.405 e. The van der Waals surface area contributed by atoms with E-state index in [9.17, 15) is 36.7 Å². The van der Waals surface area contributed by atoms with E-state index >= 15 is 0 Å². The number of carbonyl (C=O) groups is 4. The molecule has 28 heavy (non-hydrogen) atoms. The van der Waals surface area contributed by atoms with Crippen LogP contribution in [0.4, 0.5) is 28.0 Å². The van der Waals surface area contributed by atoms with Gasteiger partial charge in [0, 0.05) is 13.0 Å². The van der Waals surface area contributed by atoms with E-state index in [1.54, 1.807) is 5.32 Å². The third-order valence-electron chi connectivity index (χ3n) is 3.65. The van der Waals surface area contributed by atoms with E-state index in [0.717, 1.165) is 11.0 Å². The van der Waals surface area contributed by atoms with Gasteiger partial charge in [-0.15, -0.1) is 0 Å². The Kier molecular flexibility index (Phi) is 6.54. The summed E-state index contributed by atoms with van der Waals surface area (Å²) < 4.78 is 54.3. The predicted octanol–water partition coefficient (Wildman–Crippen LogP) is 1.11. The standard InChI is InChI=1S/C16H15F4N3O5/c17-10-3-1-2-4-11(10)23-6-9(5-13(23)25)14(26)28-7-12(24)22-15(27)21-8-16(18,19)20/h1-4,9H,5-8H2,(H2,21,22,24,27)/t9-/m0/s1. The summed E-state index contributed by atoms with van der Waals surface area (Å²) in [7, 11) is 0. The van der Waals surface area contributed by atoms with Crippen molar-refractivity contribution in [1.82, 2.24) is 10.6 Å². The number of hydrogen-bond donors (Lipinski definition) is 2. The SMILES string of the molecule is O=C(COC(=O)[C@H]1CC(=O)N(c2ccccc2F)C1)NC(=O)NCC(F)(F)F. The summed E-state index contributed by atoms with van der Waals surface area (Å²) >= 11 is 0. The molecule has 2 N–H and O–H groups in total. The molecule has 1 aliphatic heterocycles. The van der Waals surface area contributed by atoms with Crippen LogP contribution in [0.25, 0.3) is 0 Å². The predicted molar refractivity (Wildman–Crippen MR) is 85.4 cm³/mol. The number of benzene rings is 1. The van der Waals surface area contributed by atoms with Crippen molar-refractivity contribution in [2.45, 2.75) is 12.6 Å². The number of rotatable bonds is 5. The Hall–Kier alpha value is -3.18. The molecule has 0 radical (unpaired) electrons. The van der Waals surface area contributed by atoms with Gasteiger partial charge in [0.2, 0.25) is 5.91 Å². The van der Waals surface area contributed by atoms with Crippen LogP contribution in [-0.2, 0) is 19.1 Å². The third-order valence-corrected chi connectivity index (χ3v) is 3.65. The summed E-state index contributed by atoms with van der Waals surface area (Å²) in [6.45, 7) is -2.73. The third kappa shape index (κ3) is 5.93. The molecule has 1 fully saturated rings. The molecule has 4 amide bonds. The van der Waals surface area contributed by atoms with Gasteiger partial charge in [-0.3, -0.25) is 19.7 Å². The zero-order chi connectivity index (χ0) is 20.9. The van der Waals surface area contributed by atoms with Crippen LogP contribution in [0.15, 0.2) is 24.3 Å². The van der Waals surface area contributed by atoms with E-state index in [4.69, 9.17) is 0 Å². The molecule has 152 valence electrons. The maximum atomic E-state index is 13.8. The lowest BCUT2D eigenvalue weighted by Gasteiger charge is -2.17. The highest BCUT2D eigenvalue weighted by Crippen LogP contribution is 2.27. The van der Waals surface area contributed by atoms with Crippen LogP contribution in [-0.4, -0.2) is 49.7 Å². The number of alkyl halides is 3.